The van der Waals surface area contributed by atoms with Crippen molar-refractivity contribution in [1.29, 1.82) is 0 Å². The van der Waals surface area contributed by atoms with Crippen LogP contribution in [0.15, 0.2) is 132 Å². The van der Waals surface area contributed by atoms with Crippen molar-refractivity contribution in [3.8, 4) is 11.4 Å². The van der Waals surface area contributed by atoms with Gasteiger partial charge < -0.3 is 21.3 Å². The van der Waals surface area contributed by atoms with Gasteiger partial charge in [-0.05, 0) is 23.3 Å². The standard InChI is InChI=1S/C36H38N8.2Zn/c1-5-17-37-31(9-1)25-43(26-32-10-2-6-18-38-32)23-29-13-15-35(41-21-29)36-16-14-30(22-42-36)24-44(27-33-11-3-7-19-39-33)28-34-12-4-8-20-40-34;;/h1-16,21-22H,17-20,23-28H2;;/q-4;2*+2. The van der Waals surface area contributed by atoms with Gasteiger partial charge in [-0.15, -0.1) is 73.3 Å². The van der Waals surface area contributed by atoms with Crippen LogP contribution in [0.2, 0.25) is 0 Å². The summed E-state index contributed by atoms with van der Waals surface area (Å²) in [7, 11) is 0. The molecule has 0 spiro atoms. The molecule has 0 fully saturated rings. The van der Waals surface area contributed by atoms with E-state index >= 15 is 0 Å². The van der Waals surface area contributed by atoms with Crippen LogP contribution in [-0.4, -0.2) is 72.1 Å². The first-order chi connectivity index (χ1) is 21.8. The molecule has 0 amide bonds. The van der Waals surface area contributed by atoms with E-state index in [4.69, 9.17) is 9.97 Å². The Morgan fingerprint density at radius 3 is 1.02 bits per heavy atom. The van der Waals surface area contributed by atoms with E-state index in [1.54, 1.807) is 0 Å². The number of pyridine rings is 2. The summed E-state index contributed by atoms with van der Waals surface area (Å²) in [4.78, 5) is 14.3. The van der Waals surface area contributed by atoms with Gasteiger partial charge in [0.1, 0.15) is 0 Å². The van der Waals surface area contributed by atoms with Gasteiger partial charge in [0.2, 0.25) is 0 Å². The molecule has 0 saturated carbocycles. The van der Waals surface area contributed by atoms with Crippen LogP contribution >= 0.6 is 0 Å². The van der Waals surface area contributed by atoms with Crippen molar-refractivity contribution in [2.24, 2.45) is 0 Å². The zero-order chi connectivity index (χ0) is 29.8. The largest absolute Gasteiger partial charge is 2.00 e. The Balaban J connectivity index is 0.00000240. The molecular weight excluding hydrogens is 675 g/mol. The second kappa shape index (κ2) is 18.7. The van der Waals surface area contributed by atoms with Crippen molar-refractivity contribution in [3.63, 3.8) is 0 Å². The van der Waals surface area contributed by atoms with Crippen LogP contribution in [0.1, 0.15) is 11.1 Å². The maximum Gasteiger partial charge on any atom is 2.00 e. The van der Waals surface area contributed by atoms with E-state index in [1.165, 1.54) is 0 Å². The van der Waals surface area contributed by atoms with Crippen LogP contribution in [0, 0.1) is 0 Å². The summed E-state index contributed by atoms with van der Waals surface area (Å²) in [6.07, 6.45) is 28.9. The van der Waals surface area contributed by atoms with E-state index < -0.39 is 0 Å². The molecule has 0 saturated heterocycles. The fourth-order valence-electron chi connectivity index (χ4n) is 5.37. The maximum atomic E-state index is 4.79. The van der Waals surface area contributed by atoms with Crippen molar-refractivity contribution in [2.75, 3.05) is 52.4 Å². The summed E-state index contributed by atoms with van der Waals surface area (Å²) >= 11 is 0. The topological polar surface area (TPSA) is 88.7 Å². The maximum absolute atomic E-state index is 4.79. The first kappa shape index (κ1) is 35.4. The van der Waals surface area contributed by atoms with E-state index in [-0.39, 0.29) is 39.0 Å². The Morgan fingerprint density at radius 1 is 0.457 bits per heavy atom. The SMILES string of the molecule is C1=CC[N-]C(CN(CC2=CC=CC[N-]2)Cc2ccc(-c3ccc(CN(CC4=CC=CC[N-]4)CC4=CC=CC[N-]4)cn3)nc2)=C1.[Zn+2].[Zn+2]. The molecule has 2 aromatic rings. The average Bonchev–Trinajstić information content (AvgIpc) is 3.07. The Kier molecular flexibility index (Phi) is 14.4. The third-order valence-corrected chi connectivity index (χ3v) is 7.56. The number of hydrogen-bond donors (Lipinski definition) is 0. The minimum Gasteiger partial charge on any atom is -0.684 e. The first-order valence-electron chi connectivity index (χ1n) is 15.2. The summed E-state index contributed by atoms with van der Waals surface area (Å²) in [6.45, 7) is 7.58. The van der Waals surface area contributed by atoms with Crippen molar-refractivity contribution < 1.29 is 39.0 Å². The number of nitrogens with zero attached hydrogens (tertiary/aromatic N) is 8. The Bertz CT molecular complexity index is 1330. The predicted molar refractivity (Wildman–Crippen MR) is 180 cm³/mol. The molecular formula is C36H38N8Zn2. The van der Waals surface area contributed by atoms with Gasteiger partial charge >= 0.3 is 39.0 Å². The molecule has 226 valence electrons. The molecule has 8 nitrogen and oxygen atoms in total. The van der Waals surface area contributed by atoms with E-state index in [2.05, 4.69) is 128 Å². The number of allylic oxidation sites excluding steroid dienone is 8. The van der Waals surface area contributed by atoms with Gasteiger partial charge in [0.05, 0.1) is 11.4 Å². The average molecular weight is 714 g/mol. The minimum atomic E-state index is 0. The molecule has 0 bridgehead atoms. The minimum absolute atomic E-state index is 0. The van der Waals surface area contributed by atoms with Crippen LogP contribution < -0.4 is 0 Å². The van der Waals surface area contributed by atoms with Gasteiger partial charge in [0, 0.05) is 51.7 Å². The second-order valence-electron chi connectivity index (χ2n) is 11.1. The molecule has 0 N–H and O–H groups in total. The molecule has 2 aromatic heterocycles. The monoisotopic (exact) mass is 710 g/mol. The quantitative estimate of drug-likeness (QED) is 0.208. The number of aromatic nitrogens is 2. The van der Waals surface area contributed by atoms with Crippen LogP contribution in [0.5, 0.6) is 0 Å². The molecule has 4 aliphatic rings. The molecule has 4 aliphatic heterocycles. The fourth-order valence-corrected chi connectivity index (χ4v) is 5.37. The van der Waals surface area contributed by atoms with E-state index in [0.717, 1.165) is 111 Å². The zero-order valence-corrected chi connectivity index (χ0v) is 32.4. The summed E-state index contributed by atoms with van der Waals surface area (Å²) in [5.41, 5.74) is 8.40. The Labute approximate surface area is 298 Å². The third kappa shape index (κ3) is 10.8. The van der Waals surface area contributed by atoms with Gasteiger partial charge in [-0.2, -0.15) is 0 Å². The third-order valence-electron chi connectivity index (χ3n) is 7.56. The predicted octanol–water partition coefficient (Wildman–Crippen LogP) is 7.05. The molecule has 46 heavy (non-hydrogen) atoms. The van der Waals surface area contributed by atoms with Gasteiger partial charge in [-0.25, -0.2) is 0 Å². The molecule has 0 aliphatic carbocycles. The second-order valence-corrected chi connectivity index (χ2v) is 11.1. The molecule has 0 radical (unpaired) electrons. The van der Waals surface area contributed by atoms with Gasteiger partial charge in [-0.1, -0.05) is 60.7 Å². The van der Waals surface area contributed by atoms with Crippen molar-refractivity contribution in [1.82, 2.24) is 19.8 Å². The van der Waals surface area contributed by atoms with Crippen LogP contribution in [-0.2, 0) is 52.0 Å². The molecule has 0 atom stereocenters. The van der Waals surface area contributed by atoms with Gasteiger partial charge in [0.25, 0.3) is 0 Å². The van der Waals surface area contributed by atoms with E-state index in [0.29, 0.717) is 0 Å². The molecule has 6 rings (SSSR count). The van der Waals surface area contributed by atoms with Crippen molar-refractivity contribution in [2.45, 2.75) is 13.1 Å². The first-order valence-corrected chi connectivity index (χ1v) is 15.2. The number of hydrogen-bond acceptors (Lipinski definition) is 4. The molecule has 0 aromatic carbocycles. The zero-order valence-electron chi connectivity index (χ0n) is 26.5. The molecule has 0 unspecified atom stereocenters. The van der Waals surface area contributed by atoms with Crippen LogP contribution in [0.25, 0.3) is 32.7 Å². The summed E-state index contributed by atoms with van der Waals surface area (Å²) in [5.74, 6) is 0. The normalized spacial score (nSPS) is 16.5. The van der Waals surface area contributed by atoms with E-state index in [1.807, 2.05) is 12.4 Å². The van der Waals surface area contributed by atoms with Gasteiger partial charge in [-0.3, -0.25) is 19.8 Å². The molecule has 6 heterocycles. The Morgan fingerprint density at radius 2 is 0.783 bits per heavy atom. The fraction of sp³-hybridized carbons (Fsp3) is 0.278. The van der Waals surface area contributed by atoms with Crippen molar-refractivity contribution in [3.05, 3.63) is 165 Å². The van der Waals surface area contributed by atoms with Crippen LogP contribution in [0.3, 0.4) is 0 Å². The number of rotatable bonds is 13. The van der Waals surface area contributed by atoms with Crippen LogP contribution in [0.4, 0.5) is 0 Å². The smallest absolute Gasteiger partial charge is 0.684 e. The van der Waals surface area contributed by atoms with Crippen molar-refractivity contribution >= 4 is 0 Å². The summed E-state index contributed by atoms with van der Waals surface area (Å²) < 4.78 is 0. The summed E-state index contributed by atoms with van der Waals surface area (Å²) in [6, 6.07) is 8.43. The summed E-state index contributed by atoms with van der Waals surface area (Å²) in [5, 5.41) is 18.6. The van der Waals surface area contributed by atoms with E-state index in [9.17, 15) is 0 Å². The Hall–Kier alpha value is -3.41. The molecule has 10 heteroatoms. The van der Waals surface area contributed by atoms with Gasteiger partial charge in [0.15, 0.2) is 0 Å².